The summed E-state index contributed by atoms with van der Waals surface area (Å²) in [5, 5.41) is 0. The minimum absolute atomic E-state index is 0.232. The zero-order valence-corrected chi connectivity index (χ0v) is 30.6. The van der Waals surface area contributed by atoms with Crippen LogP contribution in [0, 0.1) is 6.92 Å². The smallest absolute Gasteiger partial charge is 0.460 e. The molecule has 0 radical (unpaired) electrons. The molecule has 53 heavy (non-hydrogen) atoms. The Balaban J connectivity index is 3.10. The average Bonchev–Trinajstić information content (AvgIpc) is 3.01. The van der Waals surface area contributed by atoms with Gasteiger partial charge in [0.15, 0.2) is 0 Å². The number of hydrogen-bond acceptors (Lipinski definition) is 2. The van der Waals surface area contributed by atoms with Gasteiger partial charge in [0.1, 0.15) is 5.75 Å². The molecule has 0 atom stereocenters. The normalized spacial score (nSPS) is 14.6. The molecule has 19 heteroatoms. The Morgan fingerprint density at radius 1 is 0.547 bits per heavy atom. The number of alkyl halides is 17. The van der Waals surface area contributed by atoms with E-state index < -0.39 is 65.2 Å². The number of ether oxygens (including phenoxy) is 1. The van der Waals surface area contributed by atoms with E-state index in [-0.39, 0.29) is 12.4 Å². The zero-order valence-electron chi connectivity index (χ0n) is 29.8. The largest absolute Gasteiger partial charge is 0.493 e. The van der Waals surface area contributed by atoms with Crippen molar-refractivity contribution in [1.29, 1.82) is 0 Å². The van der Waals surface area contributed by atoms with E-state index in [4.69, 9.17) is 4.74 Å². The minimum Gasteiger partial charge on any atom is -0.493 e. The second kappa shape index (κ2) is 18.0. The lowest BCUT2D eigenvalue weighted by molar-refractivity contribution is -0.461. The monoisotopic (exact) mass is 824 g/mol. The van der Waals surface area contributed by atoms with E-state index in [1.807, 2.05) is 20.8 Å². The van der Waals surface area contributed by atoms with E-state index in [1.54, 1.807) is 19.1 Å². The van der Waals surface area contributed by atoms with Crippen molar-refractivity contribution in [2.75, 3.05) is 12.4 Å². The first-order chi connectivity index (χ1) is 23.8. The summed E-state index contributed by atoms with van der Waals surface area (Å²) in [5.41, 5.74) is 1.16. The van der Waals surface area contributed by atoms with Gasteiger partial charge in [-0.1, -0.05) is 97.6 Å². The predicted octanol–water partition coefficient (Wildman–Crippen LogP) is 14.2. The van der Waals surface area contributed by atoms with Crippen LogP contribution in [0.2, 0.25) is 0 Å². The van der Waals surface area contributed by atoms with Crippen molar-refractivity contribution in [3.63, 3.8) is 0 Å². The van der Waals surface area contributed by atoms with Crippen molar-refractivity contribution in [3.8, 4) is 5.75 Å². The molecule has 0 saturated heterocycles. The van der Waals surface area contributed by atoms with Crippen LogP contribution in [0.5, 0.6) is 5.75 Å². The van der Waals surface area contributed by atoms with Gasteiger partial charge in [-0.05, 0) is 35.6 Å². The van der Waals surface area contributed by atoms with Crippen molar-refractivity contribution in [2.24, 2.45) is 0 Å². The van der Waals surface area contributed by atoms with Crippen molar-refractivity contribution in [3.05, 3.63) is 28.8 Å². The van der Waals surface area contributed by atoms with Crippen LogP contribution >= 0.6 is 11.8 Å². The third-order valence-corrected chi connectivity index (χ3v) is 9.57. The van der Waals surface area contributed by atoms with Crippen molar-refractivity contribution in [1.82, 2.24) is 0 Å². The summed E-state index contributed by atoms with van der Waals surface area (Å²) >= 11 is 0.367. The number of unbranched alkanes of at least 4 members (excludes halogenated alkanes) is 9. The van der Waals surface area contributed by atoms with Crippen LogP contribution in [-0.2, 0) is 11.2 Å². The van der Waals surface area contributed by atoms with Gasteiger partial charge in [-0.25, -0.2) is 0 Å². The molecule has 0 aromatic heterocycles. The number of hydrogen-bond donors (Lipinski definition) is 0. The number of aryl methyl sites for hydroxylation is 1. The molecular weight excluding hydrogens is 779 g/mol. The number of thioether (sulfide) groups is 1. The molecule has 1 rings (SSSR count). The first kappa shape index (κ1) is 49.2. The van der Waals surface area contributed by atoms with Crippen LogP contribution in [0.1, 0.15) is 115 Å². The highest BCUT2D eigenvalue weighted by atomic mass is 32.2. The van der Waals surface area contributed by atoms with Gasteiger partial charge in [-0.15, -0.1) is 0 Å². The third-order valence-electron chi connectivity index (χ3n) is 8.57. The van der Waals surface area contributed by atoms with Crippen LogP contribution in [0.3, 0.4) is 0 Å². The minimum atomic E-state index is -8.63. The van der Waals surface area contributed by atoms with E-state index in [1.165, 1.54) is 19.3 Å². The molecule has 0 unspecified atom stereocenters. The van der Waals surface area contributed by atoms with Gasteiger partial charge in [0.2, 0.25) is 0 Å². The fourth-order valence-corrected chi connectivity index (χ4v) is 6.07. The van der Waals surface area contributed by atoms with E-state index in [2.05, 4.69) is 6.92 Å². The third kappa shape index (κ3) is 10.7. The molecule has 0 aliphatic heterocycles. The summed E-state index contributed by atoms with van der Waals surface area (Å²) in [5.74, 6) is -57.5. The van der Waals surface area contributed by atoms with Gasteiger partial charge in [-0.2, -0.15) is 86.4 Å². The van der Waals surface area contributed by atoms with Gasteiger partial charge in [0.25, 0.3) is 0 Å². The van der Waals surface area contributed by atoms with Crippen LogP contribution in [-0.4, -0.2) is 60.0 Å². The lowest BCUT2D eigenvalue weighted by Crippen LogP contribution is -2.74. The van der Waals surface area contributed by atoms with Gasteiger partial charge in [0, 0.05) is 17.7 Å². The average molecular weight is 825 g/mol. The zero-order chi connectivity index (χ0) is 41.5. The summed E-state index contributed by atoms with van der Waals surface area (Å²) in [4.78, 5) is 0. The van der Waals surface area contributed by atoms with Crippen LogP contribution in [0.15, 0.2) is 12.1 Å². The fourth-order valence-electron chi connectivity index (χ4n) is 5.09. The van der Waals surface area contributed by atoms with Crippen molar-refractivity contribution >= 4 is 11.8 Å². The van der Waals surface area contributed by atoms with Crippen LogP contribution in [0.25, 0.3) is 0 Å². The van der Waals surface area contributed by atoms with E-state index in [9.17, 15) is 74.6 Å². The van der Waals surface area contributed by atoms with E-state index >= 15 is 0 Å². The maximum absolute atomic E-state index is 14.4. The standard InChI is InChI=1S/C34H45F17OS/c1-6-7-8-9-10-11-12-13-14-15-17-52-25-22(2)19-24(26(3,4)5)20-23(25)21-53-18-16-27(35,36)28(37,38)29(39,40)30(41,42)31(43,44)32(45,46)33(47,48)34(49,50)51/h19-20H,6-18,21H2,1-5H3. The predicted molar refractivity (Wildman–Crippen MR) is 169 cm³/mol. The Bertz CT molecular complexity index is 1290. The van der Waals surface area contributed by atoms with Gasteiger partial charge >= 0.3 is 47.6 Å². The molecule has 1 aromatic carbocycles. The molecule has 0 saturated carbocycles. The lowest BCUT2D eigenvalue weighted by atomic mass is 9.85. The molecular formula is C34H45F17OS. The van der Waals surface area contributed by atoms with Crippen molar-refractivity contribution in [2.45, 2.75) is 164 Å². The quantitative estimate of drug-likeness (QED) is 0.0803. The fraction of sp³-hybridized carbons (Fsp3) is 0.824. The molecule has 0 bridgehead atoms. The van der Waals surface area contributed by atoms with Crippen LogP contribution < -0.4 is 4.74 Å². The molecule has 0 aliphatic rings. The summed E-state index contributed by atoms with van der Waals surface area (Å²) in [7, 11) is 0. The van der Waals surface area contributed by atoms with Gasteiger partial charge < -0.3 is 4.74 Å². The molecule has 1 nitrogen and oxygen atoms in total. The molecule has 0 fully saturated rings. The summed E-state index contributed by atoms with van der Waals surface area (Å²) in [6.07, 6.45) is 0.134. The number of benzene rings is 1. The Morgan fingerprint density at radius 2 is 0.962 bits per heavy atom. The first-order valence-electron chi connectivity index (χ1n) is 16.9. The Morgan fingerprint density at radius 3 is 1.40 bits per heavy atom. The molecule has 0 spiro atoms. The van der Waals surface area contributed by atoms with Gasteiger partial charge in [0.05, 0.1) is 6.61 Å². The van der Waals surface area contributed by atoms with Gasteiger partial charge in [-0.3, -0.25) is 0 Å². The highest BCUT2D eigenvalue weighted by molar-refractivity contribution is 7.98. The Labute approximate surface area is 302 Å². The second-order valence-electron chi connectivity index (χ2n) is 14.0. The summed E-state index contributed by atoms with van der Waals surface area (Å²) in [6, 6.07) is 3.39. The van der Waals surface area contributed by atoms with E-state index in [0.717, 1.165) is 38.5 Å². The highest BCUT2D eigenvalue weighted by Crippen LogP contribution is 2.64. The maximum Gasteiger partial charge on any atom is 0.460 e. The summed E-state index contributed by atoms with van der Waals surface area (Å²) < 4.78 is 237. The Hall–Kier alpha value is -1.82. The number of rotatable bonds is 23. The molecule has 0 aliphatic carbocycles. The molecule has 1 aromatic rings. The van der Waals surface area contributed by atoms with E-state index in [0.29, 0.717) is 40.6 Å². The lowest BCUT2D eigenvalue weighted by Gasteiger charge is -2.42. The topological polar surface area (TPSA) is 9.23 Å². The highest BCUT2D eigenvalue weighted by Gasteiger charge is 2.95. The molecule has 0 heterocycles. The first-order valence-corrected chi connectivity index (χ1v) is 18.0. The SMILES string of the molecule is CCCCCCCCCCCCOc1c(C)cc(C(C)(C)C)cc1CSCCC(F)(F)C(F)(F)C(F)(F)C(F)(F)C(F)(F)C(F)(F)C(F)(F)C(F)(F)F. The molecule has 0 N–H and O–H groups in total. The second-order valence-corrected chi connectivity index (χ2v) is 15.1. The maximum atomic E-state index is 14.4. The molecule has 312 valence electrons. The molecule has 0 amide bonds. The number of halogens is 17. The van der Waals surface area contributed by atoms with Crippen LogP contribution in [0.4, 0.5) is 74.6 Å². The Kier molecular flexibility index (Phi) is 16.7. The summed E-state index contributed by atoms with van der Waals surface area (Å²) in [6.45, 7) is 9.50. The van der Waals surface area contributed by atoms with Crippen molar-refractivity contribution < 1.29 is 79.4 Å².